The second-order valence-corrected chi connectivity index (χ2v) is 9.07. The van der Waals surface area contributed by atoms with Crippen LogP contribution in [0, 0.1) is 0 Å². The van der Waals surface area contributed by atoms with Crippen molar-refractivity contribution >= 4 is 29.1 Å². The van der Waals surface area contributed by atoms with Crippen molar-refractivity contribution in [1.29, 1.82) is 0 Å². The molecule has 182 valence electrons. The first-order valence-corrected chi connectivity index (χ1v) is 12.4. The van der Waals surface area contributed by atoms with Crippen molar-refractivity contribution in [2.45, 2.75) is 18.5 Å². The minimum Gasteiger partial charge on any atom is -0.454 e. The Balaban J connectivity index is 1.42. The molecule has 0 spiro atoms. The van der Waals surface area contributed by atoms with Crippen LogP contribution in [-0.4, -0.2) is 30.4 Å². The van der Waals surface area contributed by atoms with Crippen molar-refractivity contribution in [3.8, 4) is 0 Å². The standard InChI is InChI=1S/C29H26N2O4S/c32-26(31-27(22-13-6-2-7-14-22)23-15-8-3-9-16-23)20-35-29(34)24(19-21-11-4-1-5-12-21)30-28(33)25-17-10-18-36-25/h1-18,24,27H,19-20H2,(H,30,33)(H,31,32)/t24-/m1/s1. The molecule has 3 aromatic carbocycles. The van der Waals surface area contributed by atoms with Gasteiger partial charge in [-0.05, 0) is 28.1 Å². The number of benzene rings is 3. The molecule has 0 unspecified atom stereocenters. The highest BCUT2D eigenvalue weighted by Crippen LogP contribution is 2.21. The number of carbonyl (C=O) groups is 3. The lowest BCUT2D eigenvalue weighted by Crippen LogP contribution is -2.44. The maximum atomic E-state index is 13.0. The van der Waals surface area contributed by atoms with E-state index in [0.717, 1.165) is 16.7 Å². The molecule has 0 fully saturated rings. The van der Waals surface area contributed by atoms with Gasteiger partial charge < -0.3 is 15.4 Å². The number of hydrogen-bond acceptors (Lipinski definition) is 5. The summed E-state index contributed by atoms with van der Waals surface area (Å²) < 4.78 is 5.37. The molecule has 1 heterocycles. The van der Waals surface area contributed by atoms with E-state index in [4.69, 9.17) is 4.74 Å². The maximum absolute atomic E-state index is 13.0. The van der Waals surface area contributed by atoms with Crippen LogP contribution in [-0.2, 0) is 20.7 Å². The third-order valence-electron chi connectivity index (χ3n) is 5.53. The van der Waals surface area contributed by atoms with Crippen LogP contribution >= 0.6 is 11.3 Å². The van der Waals surface area contributed by atoms with Crippen molar-refractivity contribution in [1.82, 2.24) is 10.6 Å². The molecule has 0 aliphatic heterocycles. The predicted octanol–water partition coefficient (Wildman–Crippen LogP) is 4.54. The van der Waals surface area contributed by atoms with E-state index in [9.17, 15) is 14.4 Å². The molecule has 1 atom stereocenters. The largest absolute Gasteiger partial charge is 0.454 e. The lowest BCUT2D eigenvalue weighted by molar-refractivity contribution is -0.150. The topological polar surface area (TPSA) is 84.5 Å². The van der Waals surface area contributed by atoms with Crippen LogP contribution in [0.15, 0.2) is 109 Å². The average Bonchev–Trinajstić information content (AvgIpc) is 3.47. The molecule has 4 aromatic rings. The van der Waals surface area contributed by atoms with Crippen LogP contribution in [0.4, 0.5) is 0 Å². The van der Waals surface area contributed by atoms with E-state index in [-0.39, 0.29) is 12.3 Å². The minimum absolute atomic E-state index is 0.245. The van der Waals surface area contributed by atoms with Crippen molar-refractivity contribution in [3.05, 3.63) is 130 Å². The summed E-state index contributed by atoms with van der Waals surface area (Å²) in [7, 11) is 0. The van der Waals surface area contributed by atoms with E-state index in [2.05, 4.69) is 10.6 Å². The lowest BCUT2D eigenvalue weighted by Gasteiger charge is -2.21. The van der Waals surface area contributed by atoms with Gasteiger partial charge >= 0.3 is 5.97 Å². The zero-order valence-corrected chi connectivity index (χ0v) is 20.3. The Labute approximate surface area is 213 Å². The minimum atomic E-state index is -0.936. The Bertz CT molecular complexity index is 1220. The molecule has 2 N–H and O–H groups in total. The summed E-state index contributed by atoms with van der Waals surface area (Å²) in [6.45, 7) is -0.463. The molecular weight excluding hydrogens is 472 g/mol. The Morgan fingerprint density at radius 1 is 0.722 bits per heavy atom. The van der Waals surface area contributed by atoms with Crippen LogP contribution in [0.3, 0.4) is 0 Å². The van der Waals surface area contributed by atoms with E-state index in [1.165, 1.54) is 11.3 Å². The molecule has 6 nitrogen and oxygen atoms in total. The third kappa shape index (κ3) is 6.90. The second kappa shape index (κ2) is 12.5. The Hall–Kier alpha value is -4.23. The number of thiophene rings is 1. The van der Waals surface area contributed by atoms with Gasteiger partial charge in [0.15, 0.2) is 6.61 Å². The lowest BCUT2D eigenvalue weighted by atomic mass is 9.99. The number of ether oxygens (including phenoxy) is 1. The summed E-state index contributed by atoms with van der Waals surface area (Å²) >= 11 is 1.28. The van der Waals surface area contributed by atoms with Gasteiger partial charge in [0.2, 0.25) is 0 Å². The van der Waals surface area contributed by atoms with Gasteiger partial charge in [-0.15, -0.1) is 11.3 Å². The molecular formula is C29H26N2O4S. The Morgan fingerprint density at radius 2 is 1.31 bits per heavy atom. The van der Waals surface area contributed by atoms with Gasteiger partial charge in [-0.25, -0.2) is 4.79 Å². The van der Waals surface area contributed by atoms with Crippen LogP contribution in [0.2, 0.25) is 0 Å². The van der Waals surface area contributed by atoms with E-state index in [0.29, 0.717) is 4.88 Å². The van der Waals surface area contributed by atoms with Crippen LogP contribution in [0.25, 0.3) is 0 Å². The van der Waals surface area contributed by atoms with Crippen LogP contribution < -0.4 is 10.6 Å². The molecule has 7 heteroatoms. The van der Waals surface area contributed by atoms with Crippen molar-refractivity contribution in [3.63, 3.8) is 0 Å². The van der Waals surface area contributed by atoms with Crippen molar-refractivity contribution in [2.75, 3.05) is 6.61 Å². The summed E-state index contributed by atoms with van der Waals surface area (Å²) in [6.07, 6.45) is 0.245. The predicted molar refractivity (Wildman–Crippen MR) is 140 cm³/mol. The number of amides is 2. The molecule has 0 aliphatic rings. The first-order valence-electron chi connectivity index (χ1n) is 11.5. The van der Waals surface area contributed by atoms with Crippen molar-refractivity contribution < 1.29 is 19.1 Å². The molecule has 0 radical (unpaired) electrons. The van der Waals surface area contributed by atoms with E-state index in [1.54, 1.807) is 17.5 Å². The van der Waals surface area contributed by atoms with Gasteiger partial charge in [0, 0.05) is 6.42 Å². The number of rotatable bonds is 10. The highest BCUT2D eigenvalue weighted by Gasteiger charge is 2.25. The van der Waals surface area contributed by atoms with Gasteiger partial charge in [0.1, 0.15) is 6.04 Å². The highest BCUT2D eigenvalue weighted by molar-refractivity contribution is 7.12. The molecule has 36 heavy (non-hydrogen) atoms. The van der Waals surface area contributed by atoms with Gasteiger partial charge in [-0.2, -0.15) is 0 Å². The zero-order chi connectivity index (χ0) is 25.2. The Morgan fingerprint density at radius 3 is 1.86 bits per heavy atom. The molecule has 1 aromatic heterocycles. The molecule has 0 aliphatic carbocycles. The summed E-state index contributed by atoms with van der Waals surface area (Å²) in [6, 6.07) is 30.6. The average molecular weight is 499 g/mol. The van der Waals surface area contributed by atoms with Crippen LogP contribution in [0.1, 0.15) is 32.4 Å². The molecule has 2 amide bonds. The number of carbonyl (C=O) groups excluding carboxylic acids is 3. The molecule has 0 saturated carbocycles. The molecule has 4 rings (SSSR count). The SMILES string of the molecule is O=C(COC(=O)[C@@H](Cc1ccccc1)NC(=O)c1cccs1)NC(c1ccccc1)c1ccccc1. The quantitative estimate of drug-likeness (QED) is 0.315. The smallest absolute Gasteiger partial charge is 0.329 e. The molecule has 0 saturated heterocycles. The van der Waals surface area contributed by atoms with E-state index in [1.807, 2.05) is 91.0 Å². The van der Waals surface area contributed by atoms with Crippen molar-refractivity contribution in [2.24, 2.45) is 0 Å². The fraction of sp³-hybridized carbons (Fsp3) is 0.138. The summed E-state index contributed by atoms with van der Waals surface area (Å²) in [5.41, 5.74) is 2.69. The summed E-state index contributed by atoms with van der Waals surface area (Å²) in [5.74, 6) is -1.47. The first-order chi connectivity index (χ1) is 17.6. The highest BCUT2D eigenvalue weighted by atomic mass is 32.1. The number of esters is 1. The summed E-state index contributed by atoms with van der Waals surface area (Å²) in [5, 5.41) is 7.50. The summed E-state index contributed by atoms with van der Waals surface area (Å²) in [4.78, 5) is 38.9. The zero-order valence-electron chi connectivity index (χ0n) is 19.5. The van der Waals surface area contributed by atoms with E-state index >= 15 is 0 Å². The third-order valence-corrected chi connectivity index (χ3v) is 6.40. The van der Waals surface area contributed by atoms with Gasteiger partial charge in [-0.3, -0.25) is 9.59 Å². The van der Waals surface area contributed by atoms with Crippen LogP contribution in [0.5, 0.6) is 0 Å². The Kier molecular flexibility index (Phi) is 8.62. The van der Waals surface area contributed by atoms with E-state index < -0.39 is 30.6 Å². The number of nitrogens with one attached hydrogen (secondary N) is 2. The van der Waals surface area contributed by atoms with Gasteiger partial charge in [-0.1, -0.05) is 97.1 Å². The maximum Gasteiger partial charge on any atom is 0.329 e. The normalized spacial score (nSPS) is 11.5. The van der Waals surface area contributed by atoms with Gasteiger partial charge in [0.25, 0.3) is 11.8 Å². The molecule has 0 bridgehead atoms. The second-order valence-electron chi connectivity index (χ2n) is 8.12. The fourth-order valence-electron chi connectivity index (χ4n) is 3.77. The number of hydrogen-bond donors (Lipinski definition) is 2. The first kappa shape index (κ1) is 24.9. The monoisotopic (exact) mass is 498 g/mol. The van der Waals surface area contributed by atoms with Gasteiger partial charge in [0.05, 0.1) is 10.9 Å². The fourth-order valence-corrected chi connectivity index (χ4v) is 4.40.